The minimum atomic E-state index is -0.290. The van der Waals surface area contributed by atoms with Crippen molar-refractivity contribution in [1.82, 2.24) is 4.90 Å². The predicted octanol–water partition coefficient (Wildman–Crippen LogP) is 5.14. The molecule has 2 aromatic carbocycles. The SMILES string of the molecule is CCN(C)/C=N\c1cc(Cl)c(Nc2cccc(F)c2)cc1C. The van der Waals surface area contributed by atoms with Gasteiger partial charge in [-0.05, 0) is 49.7 Å². The molecule has 0 spiro atoms. The average Bonchev–Trinajstić information content (AvgIpc) is 2.49. The molecule has 0 unspecified atom stereocenters. The van der Waals surface area contributed by atoms with Gasteiger partial charge in [-0.1, -0.05) is 17.7 Å². The Morgan fingerprint density at radius 1 is 1.32 bits per heavy atom. The number of rotatable bonds is 5. The molecule has 0 saturated heterocycles. The van der Waals surface area contributed by atoms with Crippen LogP contribution in [0.15, 0.2) is 41.4 Å². The first-order valence-corrected chi connectivity index (χ1v) is 7.44. The molecule has 0 fully saturated rings. The van der Waals surface area contributed by atoms with Crippen LogP contribution in [-0.4, -0.2) is 24.8 Å². The fraction of sp³-hybridized carbons (Fsp3) is 0.235. The lowest BCUT2D eigenvalue weighted by molar-refractivity contribution is 0.552. The van der Waals surface area contributed by atoms with Gasteiger partial charge in [0.25, 0.3) is 0 Å². The van der Waals surface area contributed by atoms with Crippen LogP contribution in [0.5, 0.6) is 0 Å². The summed E-state index contributed by atoms with van der Waals surface area (Å²) in [6, 6.07) is 9.98. The first-order chi connectivity index (χ1) is 10.5. The van der Waals surface area contributed by atoms with Crippen LogP contribution in [-0.2, 0) is 0 Å². The minimum absolute atomic E-state index is 0.290. The molecule has 0 aliphatic carbocycles. The molecule has 0 radical (unpaired) electrons. The lowest BCUT2D eigenvalue weighted by Crippen LogP contribution is -2.14. The van der Waals surface area contributed by atoms with E-state index < -0.39 is 0 Å². The Hall–Kier alpha value is -2.07. The molecule has 0 aromatic heterocycles. The molecule has 0 amide bonds. The van der Waals surface area contributed by atoms with E-state index in [1.165, 1.54) is 12.1 Å². The second kappa shape index (κ2) is 7.27. The van der Waals surface area contributed by atoms with Crippen molar-refractivity contribution in [3.8, 4) is 0 Å². The summed E-state index contributed by atoms with van der Waals surface area (Å²) in [4.78, 5) is 6.41. The van der Waals surface area contributed by atoms with Crippen molar-refractivity contribution < 1.29 is 4.39 Å². The van der Waals surface area contributed by atoms with Crippen molar-refractivity contribution in [2.45, 2.75) is 13.8 Å². The Morgan fingerprint density at radius 2 is 2.09 bits per heavy atom. The topological polar surface area (TPSA) is 27.6 Å². The Labute approximate surface area is 135 Å². The van der Waals surface area contributed by atoms with E-state index >= 15 is 0 Å². The molecule has 116 valence electrons. The van der Waals surface area contributed by atoms with E-state index in [0.717, 1.165) is 23.5 Å². The van der Waals surface area contributed by atoms with Crippen molar-refractivity contribution in [3.05, 3.63) is 52.8 Å². The van der Waals surface area contributed by atoms with Gasteiger partial charge in [-0.25, -0.2) is 9.38 Å². The summed E-state index contributed by atoms with van der Waals surface area (Å²) in [5.41, 5.74) is 3.19. The van der Waals surface area contributed by atoms with Crippen LogP contribution < -0.4 is 5.32 Å². The lowest BCUT2D eigenvalue weighted by Gasteiger charge is -2.12. The second-order valence-corrected chi connectivity index (χ2v) is 5.48. The van der Waals surface area contributed by atoms with Gasteiger partial charge in [0.1, 0.15) is 5.82 Å². The molecular weight excluding hydrogens is 301 g/mol. The van der Waals surface area contributed by atoms with Gasteiger partial charge in [0.15, 0.2) is 0 Å². The summed E-state index contributed by atoms with van der Waals surface area (Å²) >= 11 is 6.30. The summed E-state index contributed by atoms with van der Waals surface area (Å²) in [6.07, 6.45) is 1.78. The van der Waals surface area contributed by atoms with Crippen LogP contribution in [0, 0.1) is 12.7 Å². The molecule has 3 nitrogen and oxygen atoms in total. The standard InChI is InChI=1S/C17H19ClFN3/c1-4-22(3)11-20-16-10-15(18)17(8-12(16)2)21-14-7-5-6-13(19)9-14/h5-11,21H,4H2,1-3H3/b20-11-. The molecule has 1 N–H and O–H groups in total. The molecule has 0 heterocycles. The lowest BCUT2D eigenvalue weighted by atomic mass is 10.1. The minimum Gasteiger partial charge on any atom is -0.366 e. The summed E-state index contributed by atoms with van der Waals surface area (Å²) in [5.74, 6) is -0.290. The zero-order valence-electron chi connectivity index (χ0n) is 12.9. The predicted molar refractivity (Wildman–Crippen MR) is 92.3 cm³/mol. The molecule has 2 rings (SSSR count). The third-order valence-electron chi connectivity index (χ3n) is 3.28. The van der Waals surface area contributed by atoms with E-state index in [4.69, 9.17) is 11.6 Å². The number of anilines is 2. The third-order valence-corrected chi connectivity index (χ3v) is 3.59. The number of halogens is 2. The summed E-state index contributed by atoms with van der Waals surface area (Å²) in [5, 5.41) is 3.67. The number of aryl methyl sites for hydroxylation is 1. The summed E-state index contributed by atoms with van der Waals surface area (Å²) < 4.78 is 13.2. The number of nitrogens with one attached hydrogen (secondary N) is 1. The van der Waals surface area contributed by atoms with Gasteiger partial charge in [0.2, 0.25) is 0 Å². The molecule has 22 heavy (non-hydrogen) atoms. The Kier molecular flexibility index (Phi) is 5.39. The van der Waals surface area contributed by atoms with Crippen LogP contribution in [0.2, 0.25) is 5.02 Å². The van der Waals surface area contributed by atoms with Crippen LogP contribution >= 0.6 is 11.6 Å². The van der Waals surface area contributed by atoms with Gasteiger partial charge in [0, 0.05) is 19.3 Å². The molecule has 0 saturated carbocycles. The maximum absolute atomic E-state index is 13.2. The molecule has 5 heteroatoms. The highest BCUT2D eigenvalue weighted by atomic mass is 35.5. The highest BCUT2D eigenvalue weighted by Crippen LogP contribution is 2.32. The monoisotopic (exact) mass is 319 g/mol. The fourth-order valence-corrected chi connectivity index (χ4v) is 2.08. The molecule has 0 atom stereocenters. The maximum Gasteiger partial charge on any atom is 0.125 e. The Morgan fingerprint density at radius 3 is 2.77 bits per heavy atom. The van der Waals surface area contributed by atoms with Gasteiger partial charge in [-0.3, -0.25) is 0 Å². The fourth-order valence-electron chi connectivity index (χ4n) is 1.87. The summed E-state index contributed by atoms with van der Waals surface area (Å²) in [6.45, 7) is 4.90. The van der Waals surface area contributed by atoms with Crippen molar-refractivity contribution in [1.29, 1.82) is 0 Å². The number of aliphatic imine (C=N–C) groups is 1. The average molecular weight is 320 g/mol. The molecule has 2 aromatic rings. The third kappa shape index (κ3) is 4.21. The maximum atomic E-state index is 13.2. The van der Waals surface area contributed by atoms with Gasteiger partial charge in [0.05, 0.1) is 22.7 Å². The molecule has 0 aliphatic rings. The van der Waals surface area contributed by atoms with Crippen molar-refractivity contribution in [3.63, 3.8) is 0 Å². The zero-order chi connectivity index (χ0) is 16.1. The van der Waals surface area contributed by atoms with Crippen molar-refractivity contribution in [2.24, 2.45) is 4.99 Å². The largest absolute Gasteiger partial charge is 0.366 e. The summed E-state index contributed by atoms with van der Waals surface area (Å²) in [7, 11) is 1.96. The van der Waals surface area contributed by atoms with Crippen molar-refractivity contribution >= 4 is 35.0 Å². The second-order valence-electron chi connectivity index (χ2n) is 5.07. The smallest absolute Gasteiger partial charge is 0.125 e. The number of hydrogen-bond acceptors (Lipinski definition) is 2. The van der Waals surface area contributed by atoms with Gasteiger partial charge >= 0.3 is 0 Å². The quantitative estimate of drug-likeness (QED) is 0.610. The van der Waals surface area contributed by atoms with Crippen LogP contribution in [0.25, 0.3) is 0 Å². The number of nitrogens with zero attached hydrogens (tertiary/aromatic N) is 2. The normalized spacial score (nSPS) is 11.0. The number of hydrogen-bond donors (Lipinski definition) is 1. The van der Waals surface area contributed by atoms with Gasteiger partial charge in [-0.15, -0.1) is 0 Å². The highest BCUT2D eigenvalue weighted by Gasteiger charge is 2.06. The zero-order valence-corrected chi connectivity index (χ0v) is 13.7. The number of benzene rings is 2. The van der Waals surface area contributed by atoms with E-state index in [-0.39, 0.29) is 5.82 Å². The van der Waals surface area contributed by atoms with Gasteiger partial charge < -0.3 is 10.2 Å². The van der Waals surface area contributed by atoms with E-state index in [0.29, 0.717) is 10.7 Å². The van der Waals surface area contributed by atoms with Crippen molar-refractivity contribution in [2.75, 3.05) is 18.9 Å². The van der Waals surface area contributed by atoms with E-state index in [9.17, 15) is 4.39 Å². The Bertz CT molecular complexity index is 686. The molecule has 0 bridgehead atoms. The van der Waals surface area contributed by atoms with Crippen LogP contribution in [0.3, 0.4) is 0 Å². The molecular formula is C17H19ClFN3. The molecule has 0 aliphatic heterocycles. The first-order valence-electron chi connectivity index (χ1n) is 7.06. The first kappa shape index (κ1) is 16.3. The van der Waals surface area contributed by atoms with E-state index in [2.05, 4.69) is 17.2 Å². The van der Waals surface area contributed by atoms with E-state index in [1.807, 2.05) is 24.9 Å². The van der Waals surface area contributed by atoms with Crippen LogP contribution in [0.1, 0.15) is 12.5 Å². The van der Waals surface area contributed by atoms with Crippen LogP contribution in [0.4, 0.5) is 21.5 Å². The van der Waals surface area contributed by atoms with E-state index in [1.54, 1.807) is 24.5 Å². The van der Waals surface area contributed by atoms with Gasteiger partial charge in [-0.2, -0.15) is 0 Å². The highest BCUT2D eigenvalue weighted by molar-refractivity contribution is 6.33. The Balaban J connectivity index is 2.24.